The van der Waals surface area contributed by atoms with Gasteiger partial charge < -0.3 is 10.5 Å². The van der Waals surface area contributed by atoms with E-state index >= 15 is 0 Å². The molecule has 160 valence electrons. The molecule has 3 aromatic rings. The van der Waals surface area contributed by atoms with Crippen LogP contribution in [0.15, 0.2) is 36.7 Å². The van der Waals surface area contributed by atoms with Gasteiger partial charge in [0.2, 0.25) is 0 Å². The largest absolute Gasteiger partial charge is 0.360 e. The zero-order valence-corrected chi connectivity index (χ0v) is 19.0. The summed E-state index contributed by atoms with van der Waals surface area (Å²) in [6.07, 6.45) is 3.94. The minimum Gasteiger partial charge on any atom is -0.360 e. The van der Waals surface area contributed by atoms with Gasteiger partial charge in [-0.1, -0.05) is 25.7 Å². The molecule has 1 unspecified atom stereocenters. The number of hydrogen-bond acceptors (Lipinski definition) is 6. The lowest BCUT2D eigenvalue weighted by atomic mass is 10.00. The summed E-state index contributed by atoms with van der Waals surface area (Å²) in [5.41, 5.74) is 9.83. The summed E-state index contributed by atoms with van der Waals surface area (Å²) in [4.78, 5) is 14.8. The van der Waals surface area contributed by atoms with Crippen molar-refractivity contribution in [2.75, 3.05) is 6.61 Å². The van der Waals surface area contributed by atoms with Crippen molar-refractivity contribution in [2.45, 2.75) is 51.8 Å². The Hall–Kier alpha value is -2.62. The average Bonchev–Trinajstić information content (AvgIpc) is 3.08. The van der Waals surface area contributed by atoms with Gasteiger partial charge in [-0.2, -0.15) is 5.10 Å². The first-order valence-corrected chi connectivity index (χ1v) is 13.7. The lowest BCUT2D eigenvalue weighted by molar-refractivity contribution is -0.385. The molecule has 0 saturated heterocycles. The molecule has 0 amide bonds. The van der Waals surface area contributed by atoms with Crippen molar-refractivity contribution in [3.05, 3.63) is 63.6 Å². The molecule has 2 heterocycles. The van der Waals surface area contributed by atoms with Gasteiger partial charge in [-0.3, -0.25) is 15.1 Å². The van der Waals surface area contributed by atoms with Gasteiger partial charge in [-0.15, -0.1) is 0 Å². The predicted octanol–water partition coefficient (Wildman–Crippen LogP) is 4.20. The highest BCUT2D eigenvalue weighted by atomic mass is 28.3. The van der Waals surface area contributed by atoms with E-state index in [2.05, 4.69) is 41.9 Å². The number of pyridine rings is 1. The molecule has 8 nitrogen and oxygen atoms in total. The zero-order valence-electron chi connectivity index (χ0n) is 18.0. The quantitative estimate of drug-likeness (QED) is 0.237. The monoisotopic (exact) mass is 427 g/mol. The van der Waals surface area contributed by atoms with Crippen LogP contribution in [-0.4, -0.2) is 34.4 Å². The lowest BCUT2D eigenvalue weighted by Gasteiger charge is -2.15. The van der Waals surface area contributed by atoms with Crippen molar-refractivity contribution in [1.29, 1.82) is 0 Å². The van der Waals surface area contributed by atoms with Crippen LogP contribution in [0.3, 0.4) is 0 Å². The zero-order chi connectivity index (χ0) is 21.9. The molecule has 0 fully saturated rings. The molecule has 0 bridgehead atoms. The summed E-state index contributed by atoms with van der Waals surface area (Å²) in [6, 6.07) is 7.62. The maximum Gasteiger partial charge on any atom is 0.272 e. The lowest BCUT2D eigenvalue weighted by Crippen LogP contribution is -2.22. The number of hydrogen-bond donors (Lipinski definition) is 1. The molecule has 1 atom stereocenters. The third-order valence-electron chi connectivity index (χ3n) is 4.94. The molecule has 0 aliphatic heterocycles. The van der Waals surface area contributed by atoms with Crippen molar-refractivity contribution in [1.82, 2.24) is 14.8 Å². The van der Waals surface area contributed by atoms with Gasteiger partial charge in [0.1, 0.15) is 6.73 Å². The molecule has 0 aliphatic carbocycles. The maximum absolute atomic E-state index is 11.0. The Morgan fingerprint density at radius 1 is 1.30 bits per heavy atom. The van der Waals surface area contributed by atoms with E-state index in [1.807, 2.05) is 17.8 Å². The van der Waals surface area contributed by atoms with E-state index in [4.69, 9.17) is 10.5 Å². The van der Waals surface area contributed by atoms with Crippen LogP contribution in [0.1, 0.15) is 22.9 Å². The second-order valence-corrected chi connectivity index (χ2v) is 14.5. The van der Waals surface area contributed by atoms with Gasteiger partial charge in [-0.05, 0) is 36.6 Å². The van der Waals surface area contributed by atoms with Crippen LogP contribution >= 0.6 is 0 Å². The summed E-state index contributed by atoms with van der Waals surface area (Å²) in [7, 11) is -1.11. The average molecular weight is 428 g/mol. The molecular weight excluding hydrogens is 398 g/mol. The number of rotatable bonds is 9. The summed E-state index contributed by atoms with van der Waals surface area (Å²) in [5.74, 6) is 0. The van der Waals surface area contributed by atoms with E-state index in [-0.39, 0.29) is 5.69 Å². The number of ether oxygens (including phenoxy) is 1. The highest BCUT2D eigenvalue weighted by molar-refractivity contribution is 6.76. The van der Waals surface area contributed by atoms with E-state index in [0.717, 1.165) is 34.7 Å². The molecule has 2 N–H and O–H groups in total. The first-order chi connectivity index (χ1) is 14.1. The van der Waals surface area contributed by atoms with Crippen molar-refractivity contribution < 1.29 is 9.66 Å². The first-order valence-electron chi connectivity index (χ1n) is 10.0. The Labute approximate surface area is 177 Å². The third kappa shape index (κ3) is 5.71. The van der Waals surface area contributed by atoms with Crippen molar-refractivity contribution in [3.63, 3.8) is 0 Å². The highest BCUT2D eigenvalue weighted by Crippen LogP contribution is 2.24. The Bertz CT molecular complexity index is 1040. The number of aromatic nitrogens is 3. The fourth-order valence-electron chi connectivity index (χ4n) is 3.27. The third-order valence-corrected chi connectivity index (χ3v) is 6.64. The Balaban J connectivity index is 1.71. The number of benzene rings is 1. The maximum atomic E-state index is 11.0. The van der Waals surface area contributed by atoms with E-state index in [0.29, 0.717) is 18.8 Å². The van der Waals surface area contributed by atoms with Crippen molar-refractivity contribution in [2.24, 2.45) is 5.73 Å². The number of nitro groups is 1. The van der Waals surface area contributed by atoms with Crippen LogP contribution in [0.4, 0.5) is 5.69 Å². The molecule has 9 heteroatoms. The normalized spacial score (nSPS) is 13.0. The molecule has 30 heavy (non-hydrogen) atoms. The molecule has 3 rings (SSSR count). The first kappa shape index (κ1) is 22.1. The number of nitrogens with two attached hydrogens (primary N) is 1. The van der Waals surface area contributed by atoms with Crippen LogP contribution in [0, 0.1) is 17.0 Å². The van der Waals surface area contributed by atoms with Gasteiger partial charge in [0.15, 0.2) is 0 Å². The molecular formula is C21H29N5O3Si. The standard InChI is InChI=1S/C21H29N5O3Si/c1-15-9-16(11-19(22)20-12-18(26(27)28)5-6-23-20)10-17-13-25(24-21(15)17)14-29-7-8-30(2,3)4/h5-6,9-10,12-13,19H,7-8,11,14,22H2,1-4H3. The SMILES string of the molecule is Cc1cc(CC(N)c2cc([N+](=O)[O-])ccn2)cc2cn(COCC[Si](C)(C)C)nc12. The topological polar surface area (TPSA) is 109 Å². The van der Waals surface area contributed by atoms with E-state index in [1.54, 1.807) is 0 Å². The summed E-state index contributed by atoms with van der Waals surface area (Å²) < 4.78 is 7.63. The minimum absolute atomic E-state index is 0.00233. The molecule has 0 radical (unpaired) electrons. The fraction of sp³-hybridized carbons (Fsp3) is 0.429. The Morgan fingerprint density at radius 2 is 2.07 bits per heavy atom. The molecule has 0 saturated carbocycles. The van der Waals surface area contributed by atoms with E-state index in [9.17, 15) is 10.1 Å². The van der Waals surface area contributed by atoms with Gasteiger partial charge in [-0.25, -0.2) is 4.68 Å². The molecule has 1 aromatic carbocycles. The van der Waals surface area contributed by atoms with Crippen molar-refractivity contribution >= 4 is 24.7 Å². The predicted molar refractivity (Wildman–Crippen MR) is 120 cm³/mol. The number of nitrogens with zero attached hydrogens (tertiary/aromatic N) is 4. The molecule has 0 spiro atoms. The van der Waals surface area contributed by atoms with E-state index < -0.39 is 19.0 Å². The smallest absolute Gasteiger partial charge is 0.272 e. The minimum atomic E-state index is -1.11. The number of aryl methyl sites for hydroxylation is 1. The van der Waals surface area contributed by atoms with Crippen LogP contribution in [0.2, 0.25) is 25.7 Å². The van der Waals surface area contributed by atoms with Crippen LogP contribution in [-0.2, 0) is 17.9 Å². The second-order valence-electron chi connectivity index (χ2n) is 8.87. The van der Waals surface area contributed by atoms with Gasteiger partial charge in [0.25, 0.3) is 5.69 Å². The van der Waals surface area contributed by atoms with Gasteiger partial charge in [0.05, 0.1) is 22.2 Å². The Kier molecular flexibility index (Phi) is 6.64. The van der Waals surface area contributed by atoms with Crippen LogP contribution in [0.25, 0.3) is 10.9 Å². The number of fused-ring (bicyclic) bond motifs is 1. The highest BCUT2D eigenvalue weighted by Gasteiger charge is 2.15. The van der Waals surface area contributed by atoms with Gasteiger partial charge >= 0.3 is 0 Å². The summed E-state index contributed by atoms with van der Waals surface area (Å²) in [5, 5.41) is 16.7. The second kappa shape index (κ2) is 9.03. The molecule has 2 aromatic heterocycles. The summed E-state index contributed by atoms with van der Waals surface area (Å²) >= 11 is 0. The molecule has 0 aliphatic rings. The van der Waals surface area contributed by atoms with E-state index in [1.165, 1.54) is 18.3 Å². The van der Waals surface area contributed by atoms with Gasteiger partial charge in [0, 0.05) is 44.6 Å². The van der Waals surface area contributed by atoms with Crippen LogP contribution in [0.5, 0.6) is 0 Å². The van der Waals surface area contributed by atoms with Crippen molar-refractivity contribution in [3.8, 4) is 0 Å². The summed E-state index contributed by atoms with van der Waals surface area (Å²) in [6.45, 7) is 10.2. The van der Waals surface area contributed by atoms with Crippen LogP contribution < -0.4 is 5.73 Å². The Morgan fingerprint density at radius 3 is 2.77 bits per heavy atom. The fourth-order valence-corrected chi connectivity index (χ4v) is 4.03.